The molecule has 0 aromatic heterocycles. The van der Waals surface area contributed by atoms with E-state index in [2.05, 4.69) is 15.9 Å². The molecular formula is C16H17BrFNO. The fourth-order valence-corrected chi connectivity index (χ4v) is 2.52. The smallest absolute Gasteiger partial charge is 0.124 e. The van der Waals surface area contributed by atoms with Gasteiger partial charge in [0.1, 0.15) is 11.6 Å². The molecule has 0 aliphatic heterocycles. The lowest BCUT2D eigenvalue weighted by atomic mass is 9.95. The third kappa shape index (κ3) is 2.86. The van der Waals surface area contributed by atoms with E-state index in [-0.39, 0.29) is 5.82 Å². The molecule has 2 aromatic carbocycles. The Morgan fingerprint density at radius 1 is 1.15 bits per heavy atom. The van der Waals surface area contributed by atoms with Gasteiger partial charge in [-0.25, -0.2) is 4.39 Å². The maximum Gasteiger partial charge on any atom is 0.124 e. The number of benzene rings is 2. The van der Waals surface area contributed by atoms with Crippen molar-refractivity contribution >= 4 is 15.9 Å². The highest BCUT2D eigenvalue weighted by Crippen LogP contribution is 2.32. The van der Waals surface area contributed by atoms with Crippen molar-refractivity contribution < 1.29 is 9.13 Å². The topological polar surface area (TPSA) is 35.2 Å². The van der Waals surface area contributed by atoms with Gasteiger partial charge in [0.25, 0.3) is 0 Å². The summed E-state index contributed by atoms with van der Waals surface area (Å²) in [6, 6.07) is 7.98. The molecule has 0 amide bonds. The van der Waals surface area contributed by atoms with E-state index in [1.54, 1.807) is 13.2 Å². The summed E-state index contributed by atoms with van der Waals surface area (Å²) >= 11 is 3.53. The van der Waals surface area contributed by atoms with Crippen LogP contribution in [0, 0.1) is 19.7 Å². The monoisotopic (exact) mass is 337 g/mol. The van der Waals surface area contributed by atoms with Crippen molar-refractivity contribution in [3.63, 3.8) is 0 Å². The predicted molar refractivity (Wildman–Crippen MR) is 82.6 cm³/mol. The van der Waals surface area contributed by atoms with Gasteiger partial charge in [-0.1, -0.05) is 28.1 Å². The molecule has 2 aromatic rings. The molecule has 1 unspecified atom stereocenters. The van der Waals surface area contributed by atoms with Crippen LogP contribution in [0.15, 0.2) is 34.8 Å². The first kappa shape index (κ1) is 15.0. The summed E-state index contributed by atoms with van der Waals surface area (Å²) < 4.78 is 19.8. The normalized spacial score (nSPS) is 12.3. The van der Waals surface area contributed by atoms with E-state index in [4.69, 9.17) is 10.5 Å². The van der Waals surface area contributed by atoms with Gasteiger partial charge in [0.05, 0.1) is 13.2 Å². The first-order valence-electron chi connectivity index (χ1n) is 6.29. The second-order valence-electron chi connectivity index (χ2n) is 4.83. The number of hydrogen-bond acceptors (Lipinski definition) is 2. The minimum Gasteiger partial charge on any atom is -0.496 e. The van der Waals surface area contributed by atoms with Crippen molar-refractivity contribution in [2.24, 2.45) is 5.73 Å². The van der Waals surface area contributed by atoms with E-state index < -0.39 is 6.04 Å². The van der Waals surface area contributed by atoms with Gasteiger partial charge in [-0.05, 0) is 48.7 Å². The number of hydrogen-bond donors (Lipinski definition) is 1. The van der Waals surface area contributed by atoms with Gasteiger partial charge in [-0.15, -0.1) is 0 Å². The van der Waals surface area contributed by atoms with Crippen LogP contribution in [0.3, 0.4) is 0 Å². The minimum absolute atomic E-state index is 0.318. The lowest BCUT2D eigenvalue weighted by molar-refractivity contribution is 0.406. The number of halogens is 2. The second-order valence-corrected chi connectivity index (χ2v) is 5.63. The quantitative estimate of drug-likeness (QED) is 0.907. The molecule has 1 atom stereocenters. The van der Waals surface area contributed by atoms with Crippen molar-refractivity contribution in [2.45, 2.75) is 19.9 Å². The highest BCUT2D eigenvalue weighted by molar-refractivity contribution is 9.10. The molecule has 0 aliphatic rings. The minimum atomic E-state index is -0.425. The molecule has 0 bridgehead atoms. The lowest BCUT2D eigenvalue weighted by Gasteiger charge is -2.18. The Balaban J connectivity index is 2.51. The van der Waals surface area contributed by atoms with E-state index in [0.29, 0.717) is 11.3 Å². The van der Waals surface area contributed by atoms with E-state index in [0.717, 1.165) is 21.2 Å². The zero-order chi connectivity index (χ0) is 14.9. The number of rotatable bonds is 3. The van der Waals surface area contributed by atoms with Gasteiger partial charge in [-0.2, -0.15) is 0 Å². The average Bonchev–Trinajstić information content (AvgIpc) is 2.43. The predicted octanol–water partition coefficient (Wildman–Crippen LogP) is 4.26. The third-order valence-electron chi connectivity index (χ3n) is 3.34. The van der Waals surface area contributed by atoms with E-state index in [9.17, 15) is 4.39 Å². The number of ether oxygens (including phenoxy) is 1. The van der Waals surface area contributed by atoms with Crippen LogP contribution in [0.4, 0.5) is 4.39 Å². The van der Waals surface area contributed by atoms with Crippen LogP contribution in [0.2, 0.25) is 0 Å². The first-order chi connectivity index (χ1) is 9.43. The zero-order valence-corrected chi connectivity index (χ0v) is 13.3. The molecule has 2 N–H and O–H groups in total. The highest BCUT2D eigenvalue weighted by Gasteiger charge is 2.16. The average molecular weight is 338 g/mol. The maximum atomic E-state index is 13.5. The van der Waals surface area contributed by atoms with Crippen LogP contribution < -0.4 is 10.5 Å². The van der Waals surface area contributed by atoms with Crippen molar-refractivity contribution in [3.8, 4) is 5.75 Å². The third-order valence-corrected chi connectivity index (χ3v) is 4.60. The number of aryl methyl sites for hydroxylation is 2. The lowest BCUT2D eigenvalue weighted by Crippen LogP contribution is -2.14. The molecule has 0 saturated heterocycles. The van der Waals surface area contributed by atoms with E-state index >= 15 is 0 Å². The molecule has 2 rings (SSSR count). The Labute approximate surface area is 126 Å². The van der Waals surface area contributed by atoms with Crippen LogP contribution in [0.25, 0.3) is 0 Å². The molecule has 0 aliphatic carbocycles. The SMILES string of the molecule is COc1ccc(F)cc1C(N)c1cc(C)c(Br)c(C)c1. The molecule has 0 heterocycles. The summed E-state index contributed by atoms with van der Waals surface area (Å²) in [5.41, 5.74) is 10.1. The fourth-order valence-electron chi connectivity index (χ4n) is 2.29. The fraction of sp³-hybridized carbons (Fsp3) is 0.250. The van der Waals surface area contributed by atoms with Gasteiger partial charge < -0.3 is 10.5 Å². The first-order valence-corrected chi connectivity index (χ1v) is 7.09. The van der Waals surface area contributed by atoms with Crippen LogP contribution in [0.1, 0.15) is 28.3 Å². The van der Waals surface area contributed by atoms with Crippen molar-refractivity contribution in [1.29, 1.82) is 0 Å². The summed E-state index contributed by atoms with van der Waals surface area (Å²) in [5.74, 6) is 0.277. The molecule has 0 fully saturated rings. The van der Waals surface area contributed by atoms with E-state index in [1.165, 1.54) is 12.1 Å². The van der Waals surface area contributed by atoms with Crippen molar-refractivity contribution in [2.75, 3.05) is 7.11 Å². The molecule has 4 heteroatoms. The molecular weight excluding hydrogens is 321 g/mol. The van der Waals surface area contributed by atoms with E-state index in [1.807, 2.05) is 26.0 Å². The van der Waals surface area contributed by atoms with Crippen molar-refractivity contribution in [3.05, 3.63) is 62.9 Å². The van der Waals surface area contributed by atoms with Gasteiger partial charge in [0, 0.05) is 10.0 Å². The largest absolute Gasteiger partial charge is 0.496 e. The Morgan fingerprint density at radius 3 is 2.30 bits per heavy atom. The summed E-state index contributed by atoms with van der Waals surface area (Å²) in [6.45, 7) is 4.02. The standard InChI is InChI=1S/C16H17BrFNO/c1-9-6-11(7-10(2)15(9)17)16(19)13-8-12(18)4-5-14(13)20-3/h4-8,16H,19H2,1-3H3. The van der Waals surface area contributed by atoms with Gasteiger partial charge in [0.15, 0.2) is 0 Å². The number of nitrogens with two attached hydrogens (primary N) is 1. The Morgan fingerprint density at radius 2 is 1.75 bits per heavy atom. The summed E-state index contributed by atoms with van der Waals surface area (Å²) in [6.07, 6.45) is 0. The van der Waals surface area contributed by atoms with Gasteiger partial charge in [0.2, 0.25) is 0 Å². The molecule has 2 nitrogen and oxygen atoms in total. The Bertz CT molecular complexity index is 619. The second kappa shape index (κ2) is 5.94. The molecule has 0 radical (unpaired) electrons. The van der Waals surface area contributed by atoms with Gasteiger partial charge >= 0.3 is 0 Å². The molecule has 106 valence electrons. The van der Waals surface area contributed by atoms with Crippen LogP contribution >= 0.6 is 15.9 Å². The summed E-state index contributed by atoms with van der Waals surface area (Å²) in [7, 11) is 1.56. The van der Waals surface area contributed by atoms with Gasteiger partial charge in [-0.3, -0.25) is 0 Å². The summed E-state index contributed by atoms with van der Waals surface area (Å²) in [4.78, 5) is 0. The van der Waals surface area contributed by atoms with Crippen LogP contribution in [0.5, 0.6) is 5.75 Å². The Hall–Kier alpha value is -1.39. The zero-order valence-electron chi connectivity index (χ0n) is 11.7. The Kier molecular flexibility index (Phi) is 4.45. The molecule has 0 saturated carbocycles. The number of methoxy groups -OCH3 is 1. The van der Waals surface area contributed by atoms with Crippen LogP contribution in [-0.2, 0) is 0 Å². The van der Waals surface area contributed by atoms with Crippen molar-refractivity contribution in [1.82, 2.24) is 0 Å². The molecule has 20 heavy (non-hydrogen) atoms. The maximum absolute atomic E-state index is 13.5. The molecule has 0 spiro atoms. The van der Waals surface area contributed by atoms with Crippen LogP contribution in [-0.4, -0.2) is 7.11 Å². The summed E-state index contributed by atoms with van der Waals surface area (Å²) in [5, 5.41) is 0. The highest BCUT2D eigenvalue weighted by atomic mass is 79.9.